The van der Waals surface area contributed by atoms with Crippen molar-refractivity contribution >= 4 is 5.97 Å². The summed E-state index contributed by atoms with van der Waals surface area (Å²) in [6, 6.07) is 0. The Morgan fingerprint density at radius 3 is 2.85 bits per heavy atom. The van der Waals surface area contributed by atoms with Crippen molar-refractivity contribution in [2.45, 2.75) is 26.4 Å². The van der Waals surface area contributed by atoms with Crippen LogP contribution in [0.25, 0.3) is 0 Å². The number of aromatic amines is 2. The Bertz CT molecular complexity index is 339. The molecule has 0 bridgehead atoms. The van der Waals surface area contributed by atoms with Gasteiger partial charge >= 0.3 is 5.97 Å². The third-order valence-corrected chi connectivity index (χ3v) is 1.75. The molecule has 0 aliphatic rings. The van der Waals surface area contributed by atoms with Crippen LogP contribution in [0.5, 0.6) is 0 Å². The lowest BCUT2D eigenvalue weighted by atomic mass is 10.3. The molecular weight excluding hydrogens is 172 g/mol. The van der Waals surface area contributed by atoms with Gasteiger partial charge in [-0.25, -0.2) is 4.79 Å². The Hall–Kier alpha value is -1.52. The maximum absolute atomic E-state index is 11.2. The fourth-order valence-electron chi connectivity index (χ4n) is 0.788. The molecule has 0 amide bonds. The van der Waals surface area contributed by atoms with Gasteiger partial charge in [0.2, 0.25) is 0 Å². The summed E-state index contributed by atoms with van der Waals surface area (Å²) in [6.07, 6.45) is 1.86. The van der Waals surface area contributed by atoms with Crippen LogP contribution in [-0.2, 0) is 4.74 Å². The molecule has 5 nitrogen and oxygen atoms in total. The van der Waals surface area contributed by atoms with Gasteiger partial charge in [0.1, 0.15) is 5.56 Å². The first kappa shape index (κ1) is 9.57. The number of esters is 1. The molecule has 2 N–H and O–H groups in total. The number of ether oxygens (including phenoxy) is 1. The van der Waals surface area contributed by atoms with E-state index in [9.17, 15) is 9.59 Å². The summed E-state index contributed by atoms with van der Waals surface area (Å²) in [5.74, 6) is -0.586. The molecular formula is C8H12N2O3. The van der Waals surface area contributed by atoms with Crippen LogP contribution in [0.2, 0.25) is 0 Å². The summed E-state index contributed by atoms with van der Waals surface area (Å²) >= 11 is 0. The van der Waals surface area contributed by atoms with Crippen LogP contribution in [0.3, 0.4) is 0 Å². The van der Waals surface area contributed by atoms with E-state index in [1.807, 2.05) is 6.92 Å². The Morgan fingerprint density at radius 2 is 2.38 bits per heavy atom. The first-order chi connectivity index (χ1) is 6.15. The maximum Gasteiger partial charge on any atom is 0.345 e. The zero-order valence-corrected chi connectivity index (χ0v) is 7.59. The summed E-state index contributed by atoms with van der Waals surface area (Å²) < 4.78 is 4.95. The lowest BCUT2D eigenvalue weighted by Crippen LogP contribution is -2.19. The van der Waals surface area contributed by atoms with Gasteiger partial charge in [0, 0.05) is 6.20 Å². The van der Waals surface area contributed by atoms with E-state index in [2.05, 4.69) is 10.2 Å². The van der Waals surface area contributed by atoms with Crippen molar-refractivity contribution in [3.63, 3.8) is 0 Å². The van der Waals surface area contributed by atoms with E-state index in [0.29, 0.717) is 0 Å². The number of rotatable bonds is 3. The van der Waals surface area contributed by atoms with Gasteiger partial charge in [-0.2, -0.15) is 0 Å². The third kappa shape index (κ3) is 2.21. The highest BCUT2D eigenvalue weighted by molar-refractivity contribution is 5.88. The number of nitrogens with one attached hydrogen (secondary N) is 2. The molecule has 0 saturated heterocycles. The van der Waals surface area contributed by atoms with Crippen molar-refractivity contribution in [1.29, 1.82) is 0 Å². The number of carbonyl (C=O) groups excluding carboxylic acids is 1. The molecule has 1 aromatic rings. The summed E-state index contributed by atoms with van der Waals surface area (Å²) in [7, 11) is 0. The summed E-state index contributed by atoms with van der Waals surface area (Å²) in [6.45, 7) is 3.68. The Kier molecular flexibility index (Phi) is 2.89. The summed E-state index contributed by atoms with van der Waals surface area (Å²) in [5.41, 5.74) is -0.436. The topological polar surface area (TPSA) is 75.0 Å². The molecule has 0 aliphatic heterocycles. The van der Waals surface area contributed by atoms with E-state index in [-0.39, 0.29) is 11.7 Å². The van der Waals surface area contributed by atoms with Crippen molar-refractivity contribution in [3.05, 3.63) is 22.1 Å². The molecule has 0 fully saturated rings. The molecule has 0 spiro atoms. The van der Waals surface area contributed by atoms with Gasteiger partial charge in [0.25, 0.3) is 5.56 Å². The highest BCUT2D eigenvalue weighted by Crippen LogP contribution is 2.00. The van der Waals surface area contributed by atoms with Gasteiger partial charge in [-0.05, 0) is 13.3 Å². The molecule has 13 heavy (non-hydrogen) atoms. The highest BCUT2D eigenvalue weighted by Gasteiger charge is 2.14. The van der Waals surface area contributed by atoms with Crippen molar-refractivity contribution < 1.29 is 9.53 Å². The van der Waals surface area contributed by atoms with E-state index in [0.717, 1.165) is 6.42 Å². The predicted molar refractivity (Wildman–Crippen MR) is 46.6 cm³/mol. The molecule has 1 rings (SSSR count). The van der Waals surface area contributed by atoms with Gasteiger partial charge in [-0.15, -0.1) is 0 Å². The first-order valence-corrected chi connectivity index (χ1v) is 4.12. The van der Waals surface area contributed by atoms with Crippen LogP contribution >= 0.6 is 0 Å². The van der Waals surface area contributed by atoms with Crippen molar-refractivity contribution in [2.24, 2.45) is 0 Å². The van der Waals surface area contributed by atoms with Gasteiger partial charge in [0.05, 0.1) is 6.10 Å². The molecule has 0 aromatic carbocycles. The second-order valence-corrected chi connectivity index (χ2v) is 2.78. The average Bonchev–Trinajstić information content (AvgIpc) is 2.51. The molecule has 1 unspecified atom stereocenters. The average molecular weight is 184 g/mol. The van der Waals surface area contributed by atoms with E-state index >= 15 is 0 Å². The molecule has 1 heterocycles. The number of H-pyrrole nitrogens is 2. The summed E-state index contributed by atoms with van der Waals surface area (Å²) in [5, 5.41) is 4.69. The van der Waals surface area contributed by atoms with Crippen LogP contribution < -0.4 is 5.56 Å². The largest absolute Gasteiger partial charge is 0.459 e. The second kappa shape index (κ2) is 3.93. The maximum atomic E-state index is 11.2. The Morgan fingerprint density at radius 1 is 1.69 bits per heavy atom. The van der Waals surface area contributed by atoms with Crippen LogP contribution in [-0.4, -0.2) is 22.3 Å². The standard InChI is InChI=1S/C8H12N2O3/c1-3-5(2)13-8(12)6-4-9-10-7(6)11/h4-5H,3H2,1-2H3,(H2,9,10,11). The minimum atomic E-state index is -0.586. The molecule has 1 aromatic heterocycles. The van der Waals surface area contributed by atoms with Crippen LogP contribution in [0.4, 0.5) is 0 Å². The Balaban J connectivity index is 2.70. The van der Waals surface area contributed by atoms with Crippen molar-refractivity contribution in [3.8, 4) is 0 Å². The predicted octanol–water partition coefficient (Wildman–Crippen LogP) is 0.658. The smallest absolute Gasteiger partial charge is 0.345 e. The minimum absolute atomic E-state index is 0.0142. The molecule has 72 valence electrons. The Labute approximate surface area is 75.1 Å². The first-order valence-electron chi connectivity index (χ1n) is 4.12. The van der Waals surface area contributed by atoms with Crippen molar-refractivity contribution in [1.82, 2.24) is 10.2 Å². The number of aromatic nitrogens is 2. The quantitative estimate of drug-likeness (QED) is 0.677. The molecule has 0 radical (unpaired) electrons. The van der Waals surface area contributed by atoms with E-state index < -0.39 is 11.5 Å². The molecule has 1 atom stereocenters. The van der Waals surface area contributed by atoms with E-state index in [1.165, 1.54) is 6.20 Å². The number of hydrogen-bond acceptors (Lipinski definition) is 3. The highest BCUT2D eigenvalue weighted by atomic mass is 16.5. The molecule has 0 saturated carbocycles. The zero-order valence-electron chi connectivity index (χ0n) is 7.59. The monoisotopic (exact) mass is 184 g/mol. The lowest BCUT2D eigenvalue weighted by molar-refractivity contribution is 0.0333. The van der Waals surface area contributed by atoms with Gasteiger partial charge in [-0.3, -0.25) is 9.89 Å². The van der Waals surface area contributed by atoms with Crippen LogP contribution in [0.15, 0.2) is 11.0 Å². The summed E-state index contributed by atoms with van der Waals surface area (Å²) in [4.78, 5) is 22.2. The minimum Gasteiger partial charge on any atom is -0.459 e. The van der Waals surface area contributed by atoms with Crippen molar-refractivity contribution in [2.75, 3.05) is 0 Å². The zero-order chi connectivity index (χ0) is 9.84. The number of hydrogen-bond donors (Lipinski definition) is 2. The van der Waals surface area contributed by atoms with Gasteiger partial charge in [0.15, 0.2) is 0 Å². The van der Waals surface area contributed by atoms with Gasteiger partial charge < -0.3 is 9.84 Å². The SMILES string of the molecule is CCC(C)OC(=O)c1c[nH][nH]c1=O. The van der Waals surface area contributed by atoms with Gasteiger partial charge in [-0.1, -0.05) is 6.92 Å². The fourth-order valence-corrected chi connectivity index (χ4v) is 0.788. The lowest BCUT2D eigenvalue weighted by Gasteiger charge is -2.08. The van der Waals surface area contributed by atoms with Crippen LogP contribution in [0.1, 0.15) is 30.6 Å². The normalized spacial score (nSPS) is 12.5. The molecule has 0 aliphatic carbocycles. The van der Waals surface area contributed by atoms with E-state index in [1.54, 1.807) is 6.92 Å². The van der Waals surface area contributed by atoms with E-state index in [4.69, 9.17) is 4.74 Å². The fraction of sp³-hybridized carbons (Fsp3) is 0.500. The molecule has 5 heteroatoms. The third-order valence-electron chi connectivity index (χ3n) is 1.75. The number of carbonyl (C=O) groups is 1. The second-order valence-electron chi connectivity index (χ2n) is 2.78. The van der Waals surface area contributed by atoms with Crippen LogP contribution in [0, 0.1) is 0 Å².